The van der Waals surface area contributed by atoms with E-state index in [9.17, 15) is 19.5 Å². The van der Waals surface area contributed by atoms with Gasteiger partial charge in [-0.15, -0.1) is 0 Å². The van der Waals surface area contributed by atoms with Gasteiger partial charge in [-0.25, -0.2) is 0 Å². The number of amides is 1. The van der Waals surface area contributed by atoms with Gasteiger partial charge in [0.25, 0.3) is 5.91 Å². The van der Waals surface area contributed by atoms with Crippen molar-refractivity contribution in [1.82, 2.24) is 0 Å². The molecule has 0 radical (unpaired) electrons. The summed E-state index contributed by atoms with van der Waals surface area (Å²) >= 11 is 0. The SMILES string of the molecule is CC(=O)c1cc(C(C)=O)cc(C(=O)Nc2ccccc2O)c1. The molecule has 0 heterocycles. The average molecular weight is 297 g/mol. The molecule has 0 aliphatic carbocycles. The predicted octanol–water partition coefficient (Wildman–Crippen LogP) is 3.05. The van der Waals surface area contributed by atoms with Crippen molar-refractivity contribution in [2.24, 2.45) is 0 Å². The van der Waals surface area contributed by atoms with Crippen LogP contribution in [-0.4, -0.2) is 22.6 Å². The zero-order chi connectivity index (χ0) is 16.3. The maximum Gasteiger partial charge on any atom is 0.255 e. The lowest BCUT2D eigenvalue weighted by atomic mass is 10.0. The van der Waals surface area contributed by atoms with Crippen LogP contribution in [0.4, 0.5) is 5.69 Å². The number of carbonyl (C=O) groups excluding carboxylic acids is 3. The van der Waals surface area contributed by atoms with Crippen LogP contribution in [0, 0.1) is 0 Å². The van der Waals surface area contributed by atoms with E-state index in [1.54, 1.807) is 18.2 Å². The largest absolute Gasteiger partial charge is 0.506 e. The zero-order valence-electron chi connectivity index (χ0n) is 12.2. The highest BCUT2D eigenvalue weighted by atomic mass is 16.3. The molecule has 0 bridgehead atoms. The molecule has 0 aliphatic rings. The van der Waals surface area contributed by atoms with Crippen LogP contribution < -0.4 is 5.32 Å². The van der Waals surface area contributed by atoms with E-state index in [2.05, 4.69) is 5.32 Å². The number of anilines is 1. The molecule has 5 heteroatoms. The number of carbonyl (C=O) groups is 3. The summed E-state index contributed by atoms with van der Waals surface area (Å²) in [6.45, 7) is 2.73. The van der Waals surface area contributed by atoms with Crippen LogP contribution in [0.2, 0.25) is 0 Å². The molecule has 0 fully saturated rings. The molecule has 0 atom stereocenters. The summed E-state index contributed by atoms with van der Waals surface area (Å²) < 4.78 is 0. The van der Waals surface area contributed by atoms with E-state index in [-0.39, 0.29) is 39.7 Å². The molecule has 0 saturated heterocycles. The Balaban J connectivity index is 2.39. The first kappa shape index (κ1) is 15.4. The molecule has 0 aliphatic heterocycles. The third kappa shape index (κ3) is 3.38. The monoisotopic (exact) mass is 297 g/mol. The minimum atomic E-state index is -0.507. The molecule has 112 valence electrons. The lowest BCUT2D eigenvalue weighted by Gasteiger charge is -2.09. The summed E-state index contributed by atoms with van der Waals surface area (Å²) in [5.74, 6) is -1.04. The van der Waals surface area contributed by atoms with Crippen molar-refractivity contribution in [2.75, 3.05) is 5.32 Å². The van der Waals surface area contributed by atoms with Crippen molar-refractivity contribution < 1.29 is 19.5 Å². The van der Waals surface area contributed by atoms with Gasteiger partial charge in [0.1, 0.15) is 5.75 Å². The van der Waals surface area contributed by atoms with Crippen molar-refractivity contribution in [3.8, 4) is 5.75 Å². The van der Waals surface area contributed by atoms with Crippen LogP contribution in [0.1, 0.15) is 44.9 Å². The number of aromatic hydroxyl groups is 1. The van der Waals surface area contributed by atoms with Crippen molar-refractivity contribution in [1.29, 1.82) is 0 Å². The van der Waals surface area contributed by atoms with Gasteiger partial charge in [0.15, 0.2) is 11.6 Å². The molecule has 1 amide bonds. The van der Waals surface area contributed by atoms with Crippen LogP contribution in [0.15, 0.2) is 42.5 Å². The molecule has 22 heavy (non-hydrogen) atoms. The number of rotatable bonds is 4. The number of Topliss-reactive ketones (excluding diaryl/α,β-unsaturated/α-hetero) is 2. The van der Waals surface area contributed by atoms with Gasteiger partial charge in [-0.2, -0.15) is 0 Å². The number of para-hydroxylation sites is 2. The summed E-state index contributed by atoms with van der Waals surface area (Å²) in [5.41, 5.74) is 1.01. The molecule has 0 aromatic heterocycles. The van der Waals surface area contributed by atoms with Gasteiger partial charge in [-0.1, -0.05) is 12.1 Å². The summed E-state index contributed by atoms with van der Waals surface area (Å²) in [6.07, 6.45) is 0. The summed E-state index contributed by atoms with van der Waals surface area (Å²) in [4.78, 5) is 35.3. The summed E-state index contributed by atoms with van der Waals surface area (Å²) in [6, 6.07) is 10.6. The van der Waals surface area contributed by atoms with Gasteiger partial charge in [0, 0.05) is 16.7 Å². The Bertz CT molecular complexity index is 733. The van der Waals surface area contributed by atoms with Gasteiger partial charge < -0.3 is 10.4 Å². The Labute approximate surface area is 127 Å². The quantitative estimate of drug-likeness (QED) is 0.671. The second-order valence-electron chi connectivity index (χ2n) is 4.88. The van der Waals surface area contributed by atoms with Crippen LogP contribution in [0.3, 0.4) is 0 Å². The Kier molecular flexibility index (Phi) is 4.36. The Hall–Kier alpha value is -2.95. The Morgan fingerprint density at radius 2 is 1.36 bits per heavy atom. The Morgan fingerprint density at radius 1 is 0.864 bits per heavy atom. The standard InChI is InChI=1S/C17H15NO4/c1-10(19)12-7-13(11(2)20)9-14(8-12)17(22)18-15-5-3-4-6-16(15)21/h3-9,21H,1-2H3,(H,18,22). The minimum absolute atomic E-state index is 0.0645. The van der Waals surface area contributed by atoms with E-state index in [4.69, 9.17) is 0 Å². The fourth-order valence-corrected chi connectivity index (χ4v) is 1.94. The zero-order valence-corrected chi connectivity index (χ0v) is 12.2. The fourth-order valence-electron chi connectivity index (χ4n) is 1.94. The van der Waals surface area contributed by atoms with Crippen molar-refractivity contribution >= 4 is 23.2 Å². The molecular formula is C17H15NO4. The van der Waals surface area contributed by atoms with Gasteiger partial charge in [-0.3, -0.25) is 14.4 Å². The number of hydrogen-bond acceptors (Lipinski definition) is 4. The van der Waals surface area contributed by atoms with Crippen LogP contribution in [0.5, 0.6) is 5.75 Å². The van der Waals surface area contributed by atoms with Crippen LogP contribution >= 0.6 is 0 Å². The van der Waals surface area contributed by atoms with Crippen molar-refractivity contribution in [3.05, 3.63) is 59.2 Å². The van der Waals surface area contributed by atoms with Crippen LogP contribution in [0.25, 0.3) is 0 Å². The minimum Gasteiger partial charge on any atom is -0.506 e. The first-order valence-electron chi connectivity index (χ1n) is 6.65. The number of phenols is 1. The van der Waals surface area contributed by atoms with Gasteiger partial charge in [0.2, 0.25) is 0 Å². The number of hydrogen-bond donors (Lipinski definition) is 2. The average Bonchev–Trinajstić information content (AvgIpc) is 2.49. The van der Waals surface area contributed by atoms with E-state index in [0.29, 0.717) is 0 Å². The number of benzene rings is 2. The molecule has 2 aromatic rings. The van der Waals surface area contributed by atoms with E-state index in [1.165, 1.54) is 38.1 Å². The third-order valence-corrected chi connectivity index (χ3v) is 3.16. The van der Waals surface area contributed by atoms with Gasteiger partial charge in [-0.05, 0) is 44.2 Å². The lowest BCUT2D eigenvalue weighted by molar-refractivity contribution is 0.101. The van der Waals surface area contributed by atoms with Gasteiger partial charge in [0.05, 0.1) is 5.69 Å². The number of nitrogens with one attached hydrogen (secondary N) is 1. The van der Waals surface area contributed by atoms with E-state index < -0.39 is 5.91 Å². The van der Waals surface area contributed by atoms with Crippen molar-refractivity contribution in [3.63, 3.8) is 0 Å². The lowest BCUT2D eigenvalue weighted by Crippen LogP contribution is -2.14. The Morgan fingerprint density at radius 3 is 1.86 bits per heavy atom. The first-order valence-corrected chi connectivity index (χ1v) is 6.65. The first-order chi connectivity index (χ1) is 10.4. The van der Waals surface area contributed by atoms with Crippen LogP contribution in [-0.2, 0) is 0 Å². The van der Waals surface area contributed by atoms with E-state index in [1.807, 2.05) is 0 Å². The summed E-state index contributed by atoms with van der Waals surface area (Å²) in [7, 11) is 0. The highest BCUT2D eigenvalue weighted by molar-refractivity contribution is 6.09. The molecule has 2 aromatic carbocycles. The van der Waals surface area contributed by atoms with E-state index in [0.717, 1.165) is 0 Å². The molecular weight excluding hydrogens is 282 g/mol. The number of ketones is 2. The normalized spacial score (nSPS) is 10.1. The molecule has 0 spiro atoms. The molecule has 0 unspecified atom stereocenters. The summed E-state index contributed by atoms with van der Waals surface area (Å²) in [5, 5.41) is 12.2. The maximum atomic E-state index is 12.3. The second kappa shape index (κ2) is 6.22. The molecule has 2 rings (SSSR count). The highest BCUT2D eigenvalue weighted by Crippen LogP contribution is 2.22. The fraction of sp³-hybridized carbons (Fsp3) is 0.118. The maximum absolute atomic E-state index is 12.3. The third-order valence-electron chi connectivity index (χ3n) is 3.16. The molecule has 2 N–H and O–H groups in total. The van der Waals surface area contributed by atoms with E-state index >= 15 is 0 Å². The number of phenolic OH excluding ortho intramolecular Hbond substituents is 1. The molecule has 5 nitrogen and oxygen atoms in total. The smallest absolute Gasteiger partial charge is 0.255 e. The van der Waals surface area contributed by atoms with Crippen molar-refractivity contribution in [2.45, 2.75) is 13.8 Å². The molecule has 0 saturated carbocycles. The topological polar surface area (TPSA) is 83.5 Å². The van der Waals surface area contributed by atoms with Gasteiger partial charge >= 0.3 is 0 Å². The second-order valence-corrected chi connectivity index (χ2v) is 4.88. The highest BCUT2D eigenvalue weighted by Gasteiger charge is 2.14. The predicted molar refractivity (Wildman–Crippen MR) is 82.5 cm³/mol.